The number of aromatic nitrogens is 2. The van der Waals surface area contributed by atoms with Crippen LogP contribution in [0.15, 0.2) is 30.6 Å². The lowest BCUT2D eigenvalue weighted by atomic mass is 10.2. The van der Waals surface area contributed by atoms with Crippen molar-refractivity contribution in [2.24, 2.45) is 0 Å². The van der Waals surface area contributed by atoms with Gasteiger partial charge in [-0.1, -0.05) is 6.07 Å². The molecule has 0 aliphatic heterocycles. The monoisotopic (exact) mass is 262 g/mol. The van der Waals surface area contributed by atoms with Gasteiger partial charge in [-0.3, -0.25) is 4.98 Å². The van der Waals surface area contributed by atoms with E-state index in [9.17, 15) is 0 Å². The highest BCUT2D eigenvalue weighted by atomic mass is 32.1. The van der Waals surface area contributed by atoms with Gasteiger partial charge in [0.2, 0.25) is 0 Å². The normalized spacial score (nSPS) is 10.6. The zero-order valence-corrected chi connectivity index (χ0v) is 11.6. The first kappa shape index (κ1) is 13.0. The topological polar surface area (TPSA) is 41.1 Å². The summed E-state index contributed by atoms with van der Waals surface area (Å²) in [6, 6.07) is 6.02. The van der Waals surface area contributed by atoms with E-state index in [1.807, 2.05) is 31.6 Å². The molecule has 96 valence electrons. The molecule has 5 heteroatoms. The fraction of sp³-hybridized carbons (Fsp3) is 0.385. The van der Waals surface area contributed by atoms with Gasteiger partial charge in [-0.05, 0) is 19.2 Å². The van der Waals surface area contributed by atoms with Crippen LogP contribution < -0.4 is 10.2 Å². The molecule has 0 bridgehead atoms. The molecular weight excluding hydrogens is 244 g/mol. The lowest BCUT2D eigenvalue weighted by Gasteiger charge is -2.14. The van der Waals surface area contributed by atoms with Crippen LogP contribution in [-0.2, 0) is 13.0 Å². The smallest absolute Gasteiger partial charge is 0.185 e. The van der Waals surface area contributed by atoms with Gasteiger partial charge in [0, 0.05) is 49.5 Å². The van der Waals surface area contributed by atoms with Gasteiger partial charge in [-0.15, -0.1) is 11.3 Å². The van der Waals surface area contributed by atoms with Crippen molar-refractivity contribution in [2.75, 3.05) is 25.5 Å². The molecule has 2 heterocycles. The van der Waals surface area contributed by atoms with Gasteiger partial charge < -0.3 is 10.2 Å². The van der Waals surface area contributed by atoms with E-state index in [1.165, 1.54) is 4.88 Å². The summed E-state index contributed by atoms with van der Waals surface area (Å²) in [4.78, 5) is 12.2. The van der Waals surface area contributed by atoms with Crippen LogP contribution in [0.4, 0.5) is 5.13 Å². The minimum absolute atomic E-state index is 0.881. The SMILES string of the molecule is CNCc1cnc(N(C)CCc2ccccn2)s1. The molecule has 18 heavy (non-hydrogen) atoms. The number of rotatable bonds is 6. The highest BCUT2D eigenvalue weighted by Crippen LogP contribution is 2.21. The number of nitrogens with one attached hydrogen (secondary N) is 1. The van der Waals surface area contributed by atoms with Crippen molar-refractivity contribution in [3.05, 3.63) is 41.2 Å². The zero-order valence-electron chi connectivity index (χ0n) is 10.8. The molecular formula is C13H18N4S. The van der Waals surface area contributed by atoms with Crippen LogP contribution in [0.3, 0.4) is 0 Å². The summed E-state index contributed by atoms with van der Waals surface area (Å²) >= 11 is 1.73. The highest BCUT2D eigenvalue weighted by molar-refractivity contribution is 7.15. The predicted octanol–water partition coefficient (Wildman–Crippen LogP) is 1.94. The molecule has 2 aromatic heterocycles. The Bertz CT molecular complexity index is 469. The summed E-state index contributed by atoms with van der Waals surface area (Å²) in [5, 5.41) is 4.20. The summed E-state index contributed by atoms with van der Waals surface area (Å²) < 4.78 is 0. The highest BCUT2D eigenvalue weighted by Gasteiger charge is 2.06. The number of likely N-dealkylation sites (N-methyl/N-ethyl adjacent to an activating group) is 1. The van der Waals surface area contributed by atoms with Crippen LogP contribution in [0.5, 0.6) is 0 Å². The third kappa shape index (κ3) is 3.51. The summed E-state index contributed by atoms with van der Waals surface area (Å²) in [7, 11) is 4.02. The zero-order chi connectivity index (χ0) is 12.8. The second kappa shape index (κ2) is 6.47. The summed E-state index contributed by atoms with van der Waals surface area (Å²) in [6.07, 6.45) is 4.72. The fourth-order valence-electron chi connectivity index (χ4n) is 1.65. The van der Waals surface area contributed by atoms with Crippen LogP contribution in [0.2, 0.25) is 0 Å². The molecule has 1 N–H and O–H groups in total. The van der Waals surface area contributed by atoms with Crippen molar-refractivity contribution in [1.82, 2.24) is 15.3 Å². The molecule has 0 saturated carbocycles. The molecule has 4 nitrogen and oxygen atoms in total. The first-order chi connectivity index (χ1) is 8.79. The van der Waals surface area contributed by atoms with E-state index in [-0.39, 0.29) is 0 Å². The first-order valence-electron chi connectivity index (χ1n) is 6.00. The van der Waals surface area contributed by atoms with E-state index < -0.39 is 0 Å². The van der Waals surface area contributed by atoms with E-state index >= 15 is 0 Å². The van der Waals surface area contributed by atoms with E-state index in [2.05, 4.69) is 33.3 Å². The Hall–Kier alpha value is -1.46. The van der Waals surface area contributed by atoms with Gasteiger partial charge in [-0.25, -0.2) is 4.98 Å². The Morgan fingerprint density at radius 2 is 2.22 bits per heavy atom. The van der Waals surface area contributed by atoms with Crippen LogP contribution in [0, 0.1) is 0 Å². The molecule has 0 aliphatic carbocycles. The minimum atomic E-state index is 0.881. The number of pyridine rings is 1. The number of anilines is 1. The van der Waals surface area contributed by atoms with Crippen molar-refractivity contribution in [3.8, 4) is 0 Å². The Morgan fingerprint density at radius 3 is 2.94 bits per heavy atom. The van der Waals surface area contributed by atoms with Gasteiger partial charge in [0.05, 0.1) is 0 Å². The molecule has 0 fully saturated rings. The molecule has 0 spiro atoms. The lowest BCUT2D eigenvalue weighted by molar-refractivity contribution is 0.828. The van der Waals surface area contributed by atoms with Gasteiger partial charge in [-0.2, -0.15) is 0 Å². The average molecular weight is 262 g/mol. The summed E-state index contributed by atoms with van der Waals surface area (Å²) in [5.41, 5.74) is 1.12. The van der Waals surface area contributed by atoms with Crippen LogP contribution >= 0.6 is 11.3 Å². The maximum absolute atomic E-state index is 4.43. The summed E-state index contributed by atoms with van der Waals surface area (Å²) in [5.74, 6) is 0. The number of hydrogen-bond acceptors (Lipinski definition) is 5. The van der Waals surface area contributed by atoms with Gasteiger partial charge >= 0.3 is 0 Å². The van der Waals surface area contributed by atoms with Crippen LogP contribution in [0.1, 0.15) is 10.6 Å². The number of hydrogen-bond donors (Lipinski definition) is 1. The van der Waals surface area contributed by atoms with Gasteiger partial charge in [0.1, 0.15) is 0 Å². The van der Waals surface area contributed by atoms with Crippen LogP contribution in [-0.4, -0.2) is 30.6 Å². The maximum Gasteiger partial charge on any atom is 0.185 e. The molecule has 0 atom stereocenters. The molecule has 2 rings (SSSR count). The van der Waals surface area contributed by atoms with Gasteiger partial charge in [0.25, 0.3) is 0 Å². The lowest BCUT2D eigenvalue weighted by Crippen LogP contribution is -2.20. The Labute approximate surface area is 112 Å². The Morgan fingerprint density at radius 1 is 1.33 bits per heavy atom. The number of nitrogens with zero attached hydrogens (tertiary/aromatic N) is 3. The maximum atomic E-state index is 4.43. The average Bonchev–Trinajstić information content (AvgIpc) is 2.86. The quantitative estimate of drug-likeness (QED) is 0.864. The Balaban J connectivity index is 1.89. The molecule has 0 aromatic carbocycles. The minimum Gasteiger partial charge on any atom is -0.351 e. The molecule has 0 unspecified atom stereocenters. The first-order valence-corrected chi connectivity index (χ1v) is 6.81. The Kier molecular flexibility index (Phi) is 4.66. The molecule has 0 radical (unpaired) electrons. The number of thiazole rings is 1. The third-order valence-corrected chi connectivity index (χ3v) is 3.76. The second-order valence-electron chi connectivity index (χ2n) is 4.13. The van der Waals surface area contributed by atoms with E-state index in [1.54, 1.807) is 11.3 Å². The largest absolute Gasteiger partial charge is 0.351 e. The fourth-order valence-corrected chi connectivity index (χ4v) is 2.56. The molecule has 0 aliphatic rings. The van der Waals surface area contributed by atoms with Crippen molar-refractivity contribution < 1.29 is 0 Å². The van der Waals surface area contributed by atoms with Crippen molar-refractivity contribution >= 4 is 16.5 Å². The standard InChI is InChI=1S/C13H18N4S/c1-14-9-12-10-16-13(18-12)17(2)8-6-11-5-3-4-7-15-11/h3-5,7,10,14H,6,8-9H2,1-2H3. The van der Waals surface area contributed by atoms with E-state index in [0.29, 0.717) is 0 Å². The molecule has 0 saturated heterocycles. The van der Waals surface area contributed by atoms with E-state index in [0.717, 1.165) is 30.3 Å². The predicted molar refractivity (Wildman–Crippen MR) is 76.1 cm³/mol. The van der Waals surface area contributed by atoms with E-state index in [4.69, 9.17) is 0 Å². The summed E-state index contributed by atoms with van der Waals surface area (Å²) in [6.45, 7) is 1.81. The second-order valence-corrected chi connectivity index (χ2v) is 5.23. The van der Waals surface area contributed by atoms with Crippen molar-refractivity contribution in [1.29, 1.82) is 0 Å². The van der Waals surface area contributed by atoms with Crippen LogP contribution in [0.25, 0.3) is 0 Å². The van der Waals surface area contributed by atoms with Crippen molar-refractivity contribution in [3.63, 3.8) is 0 Å². The molecule has 0 amide bonds. The third-order valence-electron chi connectivity index (χ3n) is 2.65. The van der Waals surface area contributed by atoms with Gasteiger partial charge in [0.15, 0.2) is 5.13 Å². The van der Waals surface area contributed by atoms with Crippen molar-refractivity contribution in [2.45, 2.75) is 13.0 Å². The molecule has 2 aromatic rings.